The summed E-state index contributed by atoms with van der Waals surface area (Å²) < 4.78 is 47.7. The molecule has 2 bridgehead atoms. The number of carbonyl (C=O) groups is 1. The molecule has 9 heteroatoms. The minimum atomic E-state index is -4.34. The largest absolute Gasteiger partial charge is 0.449 e. The zero-order chi connectivity index (χ0) is 18.6. The Morgan fingerprint density at radius 1 is 1.31 bits per heavy atom. The van der Waals surface area contributed by atoms with E-state index in [0.717, 1.165) is 32.1 Å². The van der Waals surface area contributed by atoms with Crippen LogP contribution in [0.25, 0.3) is 0 Å². The maximum atomic E-state index is 12.4. The van der Waals surface area contributed by atoms with Crippen LogP contribution in [0.1, 0.15) is 50.8 Å². The number of hydrogen-bond donors (Lipinski definition) is 0. The minimum Gasteiger partial charge on any atom is -0.449 e. The molecule has 4 fully saturated rings. The predicted octanol–water partition coefficient (Wildman–Crippen LogP) is 3.46. The minimum absolute atomic E-state index is 0.179. The average Bonchev–Trinajstić information content (AvgIpc) is 2.84. The molecule has 1 aromatic rings. The van der Waals surface area contributed by atoms with Gasteiger partial charge in [0, 0.05) is 19.0 Å². The number of alkyl halides is 3. The number of amides is 1. The predicted molar refractivity (Wildman–Crippen MR) is 83.3 cm³/mol. The summed E-state index contributed by atoms with van der Waals surface area (Å²) in [7, 11) is 0. The molecule has 0 radical (unpaired) electrons. The number of halogens is 3. The second kappa shape index (κ2) is 5.85. The molecule has 0 atom stereocenters. The number of carbonyl (C=O) groups excluding carboxylic acids is 1. The molecule has 3 aliphatic carbocycles. The molecule has 1 amide bonds. The summed E-state index contributed by atoms with van der Waals surface area (Å²) in [6.07, 6.45) is -1.34. The molecule has 0 N–H and O–H groups in total. The summed E-state index contributed by atoms with van der Waals surface area (Å²) in [5.41, 5.74) is -0.0578. The van der Waals surface area contributed by atoms with Crippen molar-refractivity contribution in [1.29, 1.82) is 0 Å². The summed E-state index contributed by atoms with van der Waals surface area (Å²) in [6, 6.07) is 0. The van der Waals surface area contributed by atoms with E-state index in [9.17, 15) is 18.0 Å². The van der Waals surface area contributed by atoms with Gasteiger partial charge in [-0.2, -0.15) is 13.2 Å². The Bertz CT molecular complexity index is 677. The molecular formula is C17H22F3N3O3. The Hall–Kier alpha value is -1.80. The summed E-state index contributed by atoms with van der Waals surface area (Å²) in [5.74, 6) is 0.408. The van der Waals surface area contributed by atoms with E-state index in [1.807, 2.05) is 6.92 Å². The van der Waals surface area contributed by atoms with Gasteiger partial charge < -0.3 is 14.1 Å². The third kappa shape index (κ3) is 2.85. The van der Waals surface area contributed by atoms with Gasteiger partial charge in [-0.3, -0.25) is 0 Å². The molecule has 3 saturated carbocycles. The number of likely N-dealkylation sites (tertiary alicyclic amines) is 1. The van der Waals surface area contributed by atoms with Crippen LogP contribution in [0.15, 0.2) is 4.42 Å². The quantitative estimate of drug-likeness (QED) is 0.715. The van der Waals surface area contributed by atoms with Crippen molar-refractivity contribution in [1.82, 2.24) is 15.1 Å². The number of aromatic nitrogens is 2. The van der Waals surface area contributed by atoms with Crippen molar-refractivity contribution in [3.05, 3.63) is 11.8 Å². The zero-order valence-electron chi connectivity index (χ0n) is 14.6. The highest BCUT2D eigenvalue weighted by atomic mass is 19.4. The first-order valence-electron chi connectivity index (χ1n) is 9.07. The lowest BCUT2D eigenvalue weighted by Crippen LogP contribution is -2.73. The fourth-order valence-electron chi connectivity index (χ4n) is 4.65. The lowest BCUT2D eigenvalue weighted by molar-refractivity contribution is -0.217. The third-order valence-electron chi connectivity index (χ3n) is 6.07. The van der Waals surface area contributed by atoms with E-state index in [2.05, 4.69) is 10.2 Å². The molecule has 4 aliphatic rings. The monoisotopic (exact) mass is 373 g/mol. The molecule has 1 aliphatic heterocycles. The number of ether oxygens (including phenoxy) is 1. The van der Waals surface area contributed by atoms with Gasteiger partial charge in [0.15, 0.2) is 0 Å². The fraction of sp³-hybridized carbons (Fsp3) is 0.824. The van der Waals surface area contributed by atoms with Crippen LogP contribution in [0, 0.1) is 11.3 Å². The summed E-state index contributed by atoms with van der Waals surface area (Å²) >= 11 is 0. The number of nitrogens with zero attached hydrogens (tertiary/aromatic N) is 3. The van der Waals surface area contributed by atoms with E-state index in [1.165, 1.54) is 0 Å². The smallest absolute Gasteiger partial charge is 0.409 e. The second-order valence-electron chi connectivity index (χ2n) is 8.04. The Morgan fingerprint density at radius 3 is 2.62 bits per heavy atom. The van der Waals surface area contributed by atoms with Crippen LogP contribution in [-0.4, -0.2) is 47.1 Å². The van der Waals surface area contributed by atoms with Gasteiger partial charge in [-0.15, -0.1) is 10.2 Å². The van der Waals surface area contributed by atoms with Crippen molar-refractivity contribution in [3.8, 4) is 0 Å². The first-order valence-corrected chi connectivity index (χ1v) is 9.07. The lowest BCUT2D eigenvalue weighted by Gasteiger charge is -2.73. The molecule has 0 aromatic carbocycles. The molecule has 0 spiro atoms. The molecule has 144 valence electrons. The Labute approximate surface area is 149 Å². The van der Waals surface area contributed by atoms with E-state index in [4.69, 9.17) is 9.15 Å². The van der Waals surface area contributed by atoms with Gasteiger partial charge in [0.2, 0.25) is 11.8 Å². The number of unbranched alkanes of at least 4 members (excludes halogenated alkanes) is 1. The summed E-state index contributed by atoms with van der Waals surface area (Å²) in [6.45, 7) is 3.90. The standard InChI is InChI=1S/C17H22F3N3O3/c1-2-3-4-25-14(24)23-6-11(7-23)15-8-16(9-15,10-15)13-22-21-12(26-13)5-17(18,19)20/h11H,2-10H2,1H3. The van der Waals surface area contributed by atoms with Gasteiger partial charge in [-0.25, -0.2) is 4.79 Å². The van der Waals surface area contributed by atoms with Crippen molar-refractivity contribution < 1.29 is 27.1 Å². The van der Waals surface area contributed by atoms with Crippen LogP contribution in [0.3, 0.4) is 0 Å². The van der Waals surface area contributed by atoms with E-state index in [-0.39, 0.29) is 22.8 Å². The van der Waals surface area contributed by atoms with Crippen molar-refractivity contribution >= 4 is 6.09 Å². The van der Waals surface area contributed by atoms with E-state index in [0.29, 0.717) is 31.5 Å². The molecule has 1 saturated heterocycles. The SMILES string of the molecule is CCCCOC(=O)N1CC(C23CC(c4nnc(CC(F)(F)F)o4)(C2)C3)C1. The van der Waals surface area contributed by atoms with Gasteiger partial charge >= 0.3 is 12.3 Å². The van der Waals surface area contributed by atoms with Crippen LogP contribution in [0.4, 0.5) is 18.0 Å². The molecule has 6 nitrogen and oxygen atoms in total. The highest BCUT2D eigenvalue weighted by Gasteiger charge is 2.74. The first-order chi connectivity index (χ1) is 12.3. The molecule has 5 rings (SSSR count). The van der Waals surface area contributed by atoms with Crippen LogP contribution in [0.5, 0.6) is 0 Å². The van der Waals surface area contributed by atoms with Crippen LogP contribution >= 0.6 is 0 Å². The molecule has 0 unspecified atom stereocenters. The highest BCUT2D eigenvalue weighted by molar-refractivity contribution is 5.68. The van der Waals surface area contributed by atoms with Gasteiger partial charge in [-0.05, 0) is 31.1 Å². The number of hydrogen-bond acceptors (Lipinski definition) is 5. The van der Waals surface area contributed by atoms with Gasteiger partial charge in [0.05, 0.1) is 12.0 Å². The van der Waals surface area contributed by atoms with Crippen molar-refractivity contribution in [3.63, 3.8) is 0 Å². The topological polar surface area (TPSA) is 68.5 Å². The van der Waals surface area contributed by atoms with E-state index in [1.54, 1.807) is 4.90 Å². The van der Waals surface area contributed by atoms with Crippen LogP contribution in [0.2, 0.25) is 0 Å². The van der Waals surface area contributed by atoms with Crippen LogP contribution in [-0.2, 0) is 16.6 Å². The van der Waals surface area contributed by atoms with Gasteiger partial charge in [-0.1, -0.05) is 13.3 Å². The number of rotatable bonds is 6. The molecule has 26 heavy (non-hydrogen) atoms. The van der Waals surface area contributed by atoms with Crippen molar-refractivity contribution in [2.45, 2.75) is 57.0 Å². The van der Waals surface area contributed by atoms with Crippen molar-refractivity contribution in [2.75, 3.05) is 19.7 Å². The Balaban J connectivity index is 1.26. The summed E-state index contributed by atoms with van der Waals surface area (Å²) in [4.78, 5) is 13.6. The molecule has 1 aromatic heterocycles. The zero-order valence-corrected chi connectivity index (χ0v) is 14.6. The molecular weight excluding hydrogens is 351 g/mol. The first kappa shape index (κ1) is 17.6. The lowest BCUT2D eigenvalue weighted by atomic mass is 9.31. The van der Waals surface area contributed by atoms with Gasteiger partial charge in [0.1, 0.15) is 6.42 Å². The Kier molecular flexibility index (Phi) is 3.96. The van der Waals surface area contributed by atoms with Crippen molar-refractivity contribution in [2.24, 2.45) is 11.3 Å². The molecule has 2 heterocycles. The van der Waals surface area contributed by atoms with Gasteiger partial charge in [0.25, 0.3) is 0 Å². The van der Waals surface area contributed by atoms with E-state index < -0.39 is 12.6 Å². The second-order valence-corrected chi connectivity index (χ2v) is 8.04. The Morgan fingerprint density at radius 2 is 2.00 bits per heavy atom. The maximum Gasteiger partial charge on any atom is 0.409 e. The normalized spacial score (nSPS) is 30.4. The van der Waals surface area contributed by atoms with E-state index >= 15 is 0 Å². The maximum absolute atomic E-state index is 12.4. The third-order valence-corrected chi connectivity index (χ3v) is 6.07. The highest BCUT2D eigenvalue weighted by Crippen LogP contribution is 2.77. The summed E-state index contributed by atoms with van der Waals surface area (Å²) in [5, 5.41) is 7.39. The van der Waals surface area contributed by atoms with Crippen LogP contribution < -0.4 is 0 Å². The fourth-order valence-corrected chi connectivity index (χ4v) is 4.65. The average molecular weight is 373 g/mol.